The molecule has 0 bridgehead atoms. The van der Waals surface area contributed by atoms with Gasteiger partial charge in [0.2, 0.25) is 0 Å². The molecule has 1 aliphatic heterocycles. The van der Waals surface area contributed by atoms with Crippen LogP contribution >= 0.6 is 0 Å². The maximum atomic E-state index is 5.94. The zero-order chi connectivity index (χ0) is 11.2. The summed E-state index contributed by atoms with van der Waals surface area (Å²) in [5.74, 6) is 0.935. The smallest absolute Gasteiger partial charge is 0.0594 e. The highest BCUT2D eigenvalue weighted by atomic mass is 16.5. The van der Waals surface area contributed by atoms with E-state index in [0.29, 0.717) is 6.04 Å². The highest BCUT2D eigenvalue weighted by Crippen LogP contribution is 2.28. The molecule has 1 saturated carbocycles. The van der Waals surface area contributed by atoms with Crippen molar-refractivity contribution in [2.45, 2.75) is 44.6 Å². The van der Waals surface area contributed by atoms with Gasteiger partial charge in [-0.25, -0.2) is 0 Å². The number of rotatable bonds is 4. The summed E-state index contributed by atoms with van der Waals surface area (Å²) in [4.78, 5) is 2.54. The van der Waals surface area contributed by atoms with Crippen molar-refractivity contribution in [2.24, 2.45) is 11.7 Å². The van der Waals surface area contributed by atoms with Gasteiger partial charge in [-0.1, -0.05) is 32.1 Å². The molecule has 1 atom stereocenters. The molecule has 1 saturated heterocycles. The van der Waals surface area contributed by atoms with Gasteiger partial charge >= 0.3 is 0 Å². The first kappa shape index (κ1) is 12.3. The molecule has 2 N–H and O–H groups in total. The molecule has 0 aromatic carbocycles. The molecule has 2 aliphatic rings. The Morgan fingerprint density at radius 2 is 1.81 bits per heavy atom. The Morgan fingerprint density at radius 1 is 1.12 bits per heavy atom. The molecule has 1 unspecified atom stereocenters. The van der Waals surface area contributed by atoms with Crippen molar-refractivity contribution >= 4 is 0 Å². The summed E-state index contributed by atoms with van der Waals surface area (Å²) in [6.07, 6.45) is 8.50. The van der Waals surface area contributed by atoms with Crippen molar-refractivity contribution in [3.8, 4) is 0 Å². The molecule has 1 heterocycles. The van der Waals surface area contributed by atoms with Crippen molar-refractivity contribution in [2.75, 3.05) is 32.8 Å². The monoisotopic (exact) mass is 226 g/mol. The predicted octanol–water partition coefficient (Wildman–Crippen LogP) is 1.62. The lowest BCUT2D eigenvalue weighted by Crippen LogP contribution is -2.47. The molecule has 1 aliphatic carbocycles. The van der Waals surface area contributed by atoms with E-state index in [0.717, 1.165) is 38.8 Å². The van der Waals surface area contributed by atoms with Crippen LogP contribution in [0.5, 0.6) is 0 Å². The van der Waals surface area contributed by atoms with E-state index in [-0.39, 0.29) is 0 Å². The first-order valence-electron chi connectivity index (χ1n) is 6.92. The summed E-state index contributed by atoms with van der Waals surface area (Å²) in [5, 5.41) is 0. The van der Waals surface area contributed by atoms with Crippen LogP contribution in [0, 0.1) is 5.92 Å². The van der Waals surface area contributed by atoms with Gasteiger partial charge in [-0.2, -0.15) is 0 Å². The number of hydrogen-bond donors (Lipinski definition) is 1. The van der Waals surface area contributed by atoms with E-state index in [1.165, 1.54) is 38.5 Å². The summed E-state index contributed by atoms with van der Waals surface area (Å²) in [6.45, 7) is 4.75. The van der Waals surface area contributed by atoms with Crippen LogP contribution in [0.25, 0.3) is 0 Å². The first-order valence-corrected chi connectivity index (χ1v) is 6.92. The second-order valence-electron chi connectivity index (χ2n) is 5.28. The molecular weight excluding hydrogens is 200 g/mol. The van der Waals surface area contributed by atoms with E-state index in [9.17, 15) is 0 Å². The summed E-state index contributed by atoms with van der Waals surface area (Å²) < 4.78 is 5.40. The third-order valence-electron chi connectivity index (χ3n) is 4.16. The van der Waals surface area contributed by atoms with Crippen molar-refractivity contribution in [1.82, 2.24) is 4.90 Å². The minimum Gasteiger partial charge on any atom is -0.379 e. The fourth-order valence-corrected chi connectivity index (χ4v) is 3.14. The SMILES string of the molecule is NCC(CC1CCCCC1)N1CCOCC1. The van der Waals surface area contributed by atoms with Gasteiger partial charge in [-0.3, -0.25) is 4.90 Å². The lowest BCUT2D eigenvalue weighted by Gasteiger charge is -2.36. The number of nitrogens with two attached hydrogens (primary N) is 1. The second kappa shape index (κ2) is 6.58. The van der Waals surface area contributed by atoms with Gasteiger partial charge in [0.15, 0.2) is 0 Å². The van der Waals surface area contributed by atoms with E-state index in [2.05, 4.69) is 4.90 Å². The van der Waals surface area contributed by atoms with Gasteiger partial charge in [-0.05, 0) is 12.3 Å². The highest BCUT2D eigenvalue weighted by Gasteiger charge is 2.24. The second-order valence-corrected chi connectivity index (χ2v) is 5.28. The molecule has 0 amide bonds. The molecule has 16 heavy (non-hydrogen) atoms. The van der Waals surface area contributed by atoms with E-state index in [1.807, 2.05) is 0 Å². The molecule has 0 radical (unpaired) electrons. The van der Waals surface area contributed by atoms with Crippen LogP contribution in [0.2, 0.25) is 0 Å². The largest absolute Gasteiger partial charge is 0.379 e. The molecule has 3 heteroatoms. The van der Waals surface area contributed by atoms with Gasteiger partial charge in [0.05, 0.1) is 13.2 Å². The van der Waals surface area contributed by atoms with Gasteiger partial charge in [0, 0.05) is 25.7 Å². The fourth-order valence-electron chi connectivity index (χ4n) is 3.14. The molecule has 0 aromatic heterocycles. The van der Waals surface area contributed by atoms with Gasteiger partial charge in [0.25, 0.3) is 0 Å². The third kappa shape index (κ3) is 3.44. The number of nitrogens with zero attached hydrogens (tertiary/aromatic N) is 1. The van der Waals surface area contributed by atoms with Gasteiger partial charge in [0.1, 0.15) is 0 Å². The number of hydrogen-bond acceptors (Lipinski definition) is 3. The molecule has 94 valence electrons. The zero-order valence-corrected chi connectivity index (χ0v) is 10.4. The van der Waals surface area contributed by atoms with E-state index >= 15 is 0 Å². The normalized spacial score (nSPS) is 26.8. The Balaban J connectivity index is 1.78. The molecule has 3 nitrogen and oxygen atoms in total. The molecule has 0 spiro atoms. The van der Waals surface area contributed by atoms with E-state index in [1.54, 1.807) is 0 Å². The van der Waals surface area contributed by atoms with Crippen molar-refractivity contribution in [3.05, 3.63) is 0 Å². The minimum atomic E-state index is 0.604. The molecule has 2 rings (SSSR count). The average molecular weight is 226 g/mol. The van der Waals surface area contributed by atoms with Crippen molar-refractivity contribution in [3.63, 3.8) is 0 Å². The average Bonchev–Trinajstić information content (AvgIpc) is 2.38. The Labute approximate surface area is 99.3 Å². The number of morpholine rings is 1. The standard InChI is InChI=1S/C13H26N2O/c14-11-13(15-6-8-16-9-7-15)10-12-4-2-1-3-5-12/h12-13H,1-11,14H2. The molecular formula is C13H26N2O. The van der Waals surface area contributed by atoms with Crippen LogP contribution in [0.3, 0.4) is 0 Å². The minimum absolute atomic E-state index is 0.604. The summed E-state index contributed by atoms with van der Waals surface area (Å²) in [5.41, 5.74) is 5.94. The summed E-state index contributed by atoms with van der Waals surface area (Å²) >= 11 is 0. The Hall–Kier alpha value is -0.120. The third-order valence-corrected chi connectivity index (χ3v) is 4.16. The van der Waals surface area contributed by atoms with Crippen LogP contribution in [-0.2, 0) is 4.74 Å². The lowest BCUT2D eigenvalue weighted by molar-refractivity contribution is 0.0120. The highest BCUT2D eigenvalue weighted by molar-refractivity contribution is 4.79. The Kier molecular flexibility index (Phi) is 5.07. The lowest BCUT2D eigenvalue weighted by atomic mass is 9.84. The fraction of sp³-hybridized carbons (Fsp3) is 1.00. The van der Waals surface area contributed by atoms with E-state index < -0.39 is 0 Å². The zero-order valence-electron chi connectivity index (χ0n) is 10.4. The Morgan fingerprint density at radius 3 is 2.44 bits per heavy atom. The van der Waals surface area contributed by atoms with Gasteiger partial charge < -0.3 is 10.5 Å². The van der Waals surface area contributed by atoms with Crippen molar-refractivity contribution in [1.29, 1.82) is 0 Å². The molecule has 2 fully saturated rings. The van der Waals surface area contributed by atoms with E-state index in [4.69, 9.17) is 10.5 Å². The van der Waals surface area contributed by atoms with Crippen molar-refractivity contribution < 1.29 is 4.74 Å². The molecule has 0 aromatic rings. The summed E-state index contributed by atoms with van der Waals surface area (Å²) in [7, 11) is 0. The van der Waals surface area contributed by atoms with Crippen LogP contribution in [-0.4, -0.2) is 43.8 Å². The van der Waals surface area contributed by atoms with Gasteiger partial charge in [-0.15, -0.1) is 0 Å². The first-order chi connectivity index (χ1) is 7.90. The number of ether oxygens (including phenoxy) is 1. The van der Waals surface area contributed by atoms with Crippen LogP contribution < -0.4 is 5.73 Å². The quantitative estimate of drug-likeness (QED) is 0.791. The summed E-state index contributed by atoms with van der Waals surface area (Å²) in [6, 6.07) is 0.604. The maximum absolute atomic E-state index is 5.94. The Bertz CT molecular complexity index is 186. The predicted molar refractivity (Wildman–Crippen MR) is 66.4 cm³/mol. The topological polar surface area (TPSA) is 38.5 Å². The van der Waals surface area contributed by atoms with Crippen LogP contribution in [0.4, 0.5) is 0 Å². The maximum Gasteiger partial charge on any atom is 0.0594 e. The van der Waals surface area contributed by atoms with Crippen LogP contribution in [0.1, 0.15) is 38.5 Å². The van der Waals surface area contributed by atoms with Crippen LogP contribution in [0.15, 0.2) is 0 Å².